The van der Waals surface area contributed by atoms with Crippen molar-refractivity contribution in [1.82, 2.24) is 15.1 Å². The first-order valence-electron chi connectivity index (χ1n) is 6.18. The van der Waals surface area contributed by atoms with Crippen LogP contribution in [0.5, 0.6) is 0 Å². The van der Waals surface area contributed by atoms with Crippen LogP contribution in [-0.2, 0) is 11.8 Å². The number of aliphatic hydroxyl groups is 1. The van der Waals surface area contributed by atoms with E-state index in [1.54, 1.807) is 17.0 Å². The maximum atomic E-state index is 11.5. The van der Waals surface area contributed by atoms with E-state index < -0.39 is 0 Å². The summed E-state index contributed by atoms with van der Waals surface area (Å²) in [5.41, 5.74) is 0.888. The predicted octanol–water partition coefficient (Wildman–Crippen LogP) is 0.958. The largest absolute Gasteiger partial charge is 0.396 e. The van der Waals surface area contributed by atoms with Crippen LogP contribution in [0.3, 0.4) is 0 Å². The van der Waals surface area contributed by atoms with Crippen molar-refractivity contribution in [2.24, 2.45) is 13.0 Å². The summed E-state index contributed by atoms with van der Waals surface area (Å²) in [5, 5.41) is 15.7. The van der Waals surface area contributed by atoms with E-state index in [9.17, 15) is 4.79 Å². The summed E-state index contributed by atoms with van der Waals surface area (Å²) >= 11 is 0. The second-order valence-corrected chi connectivity index (χ2v) is 4.43. The number of nitrogens with zero attached hydrogens (tertiary/aromatic N) is 2. The van der Waals surface area contributed by atoms with Crippen molar-refractivity contribution in [2.45, 2.75) is 19.8 Å². The summed E-state index contributed by atoms with van der Waals surface area (Å²) in [6.45, 7) is 2.83. The Labute approximate surface area is 108 Å². The Balaban J connectivity index is 2.22. The molecular weight excluding hydrogens is 230 g/mol. The van der Waals surface area contributed by atoms with Crippen LogP contribution in [0, 0.1) is 5.92 Å². The van der Waals surface area contributed by atoms with Crippen molar-refractivity contribution in [2.75, 3.05) is 13.2 Å². The van der Waals surface area contributed by atoms with Crippen LogP contribution < -0.4 is 5.32 Å². The molecule has 1 atom stereocenters. The minimum absolute atomic E-state index is 0.104. The van der Waals surface area contributed by atoms with E-state index in [1.165, 1.54) is 6.08 Å². The molecule has 0 bridgehead atoms. The van der Waals surface area contributed by atoms with Crippen molar-refractivity contribution in [1.29, 1.82) is 0 Å². The van der Waals surface area contributed by atoms with Gasteiger partial charge < -0.3 is 10.4 Å². The Morgan fingerprint density at radius 2 is 2.44 bits per heavy atom. The molecule has 1 unspecified atom stereocenters. The molecule has 0 saturated heterocycles. The number of rotatable bonds is 7. The Hall–Kier alpha value is -1.62. The molecule has 1 amide bonds. The normalized spacial score (nSPS) is 12.8. The van der Waals surface area contributed by atoms with Crippen LogP contribution in [0.4, 0.5) is 0 Å². The van der Waals surface area contributed by atoms with Gasteiger partial charge in [0.05, 0.1) is 5.69 Å². The average molecular weight is 251 g/mol. The Morgan fingerprint density at radius 3 is 3.06 bits per heavy atom. The summed E-state index contributed by atoms with van der Waals surface area (Å²) in [6, 6.07) is 1.84. The highest BCUT2D eigenvalue weighted by molar-refractivity contribution is 5.91. The summed E-state index contributed by atoms with van der Waals surface area (Å²) in [4.78, 5) is 11.5. The average Bonchev–Trinajstić information content (AvgIpc) is 2.77. The van der Waals surface area contributed by atoms with Gasteiger partial charge in [0.2, 0.25) is 5.91 Å². The smallest absolute Gasteiger partial charge is 0.244 e. The van der Waals surface area contributed by atoms with Crippen molar-refractivity contribution in [3.05, 3.63) is 24.0 Å². The Morgan fingerprint density at radius 1 is 1.67 bits per heavy atom. The van der Waals surface area contributed by atoms with Gasteiger partial charge in [0, 0.05) is 32.5 Å². The number of aliphatic hydroxyl groups excluding tert-OH is 1. The molecule has 0 aliphatic carbocycles. The van der Waals surface area contributed by atoms with Crippen LogP contribution in [0.25, 0.3) is 6.08 Å². The quantitative estimate of drug-likeness (QED) is 0.560. The van der Waals surface area contributed by atoms with Crippen molar-refractivity contribution >= 4 is 12.0 Å². The first kappa shape index (κ1) is 14.4. The van der Waals surface area contributed by atoms with E-state index in [2.05, 4.69) is 10.4 Å². The molecule has 0 aromatic carbocycles. The van der Waals surface area contributed by atoms with Gasteiger partial charge in [-0.15, -0.1) is 0 Å². The standard InChI is InChI=1S/C13H21N3O2/c1-11(10-17)4-3-8-14-13(18)6-5-12-7-9-15-16(12)2/h5-7,9,11,17H,3-4,8,10H2,1-2H3,(H,14,18)/b6-5+. The number of carbonyl (C=O) groups excluding carboxylic acids is 1. The number of amides is 1. The molecule has 1 heterocycles. The van der Waals surface area contributed by atoms with Crippen LogP contribution in [-0.4, -0.2) is 33.9 Å². The van der Waals surface area contributed by atoms with Gasteiger partial charge in [0.15, 0.2) is 0 Å². The number of hydrogen-bond donors (Lipinski definition) is 2. The van der Waals surface area contributed by atoms with E-state index in [4.69, 9.17) is 5.11 Å². The second-order valence-electron chi connectivity index (χ2n) is 4.43. The summed E-state index contributed by atoms with van der Waals surface area (Å²) < 4.78 is 1.70. The summed E-state index contributed by atoms with van der Waals surface area (Å²) in [6.07, 6.45) is 6.73. The minimum atomic E-state index is -0.104. The van der Waals surface area contributed by atoms with E-state index >= 15 is 0 Å². The molecule has 18 heavy (non-hydrogen) atoms. The third-order valence-corrected chi connectivity index (χ3v) is 2.75. The molecule has 5 nitrogen and oxygen atoms in total. The number of aromatic nitrogens is 2. The maximum Gasteiger partial charge on any atom is 0.244 e. The van der Waals surface area contributed by atoms with Gasteiger partial charge in [-0.1, -0.05) is 6.92 Å². The molecule has 1 rings (SSSR count). The zero-order valence-corrected chi connectivity index (χ0v) is 11.0. The monoisotopic (exact) mass is 251 g/mol. The first-order chi connectivity index (χ1) is 8.63. The number of nitrogens with one attached hydrogen (secondary N) is 1. The van der Waals surface area contributed by atoms with Crippen molar-refractivity contribution in [3.8, 4) is 0 Å². The molecule has 0 aliphatic heterocycles. The summed E-state index contributed by atoms with van der Waals surface area (Å²) in [7, 11) is 1.83. The van der Waals surface area contributed by atoms with Gasteiger partial charge in [-0.3, -0.25) is 9.48 Å². The van der Waals surface area contributed by atoms with Crippen molar-refractivity contribution in [3.63, 3.8) is 0 Å². The Kier molecular flexibility index (Phi) is 6.14. The minimum Gasteiger partial charge on any atom is -0.396 e. The van der Waals surface area contributed by atoms with Gasteiger partial charge in [-0.05, 0) is 30.9 Å². The van der Waals surface area contributed by atoms with Crippen LogP contribution in [0.1, 0.15) is 25.5 Å². The predicted molar refractivity (Wildman–Crippen MR) is 70.7 cm³/mol. The highest BCUT2D eigenvalue weighted by Crippen LogP contribution is 2.02. The van der Waals surface area contributed by atoms with Gasteiger partial charge in [0.1, 0.15) is 0 Å². The molecule has 5 heteroatoms. The zero-order valence-electron chi connectivity index (χ0n) is 11.0. The molecular formula is C13H21N3O2. The van der Waals surface area contributed by atoms with Crippen LogP contribution in [0.2, 0.25) is 0 Å². The lowest BCUT2D eigenvalue weighted by atomic mass is 10.1. The second kappa shape index (κ2) is 7.66. The fourth-order valence-electron chi connectivity index (χ4n) is 1.52. The molecule has 0 fully saturated rings. The molecule has 1 aromatic rings. The summed E-state index contributed by atoms with van der Waals surface area (Å²) in [5.74, 6) is 0.194. The molecule has 1 aromatic heterocycles. The Bertz CT molecular complexity index is 399. The molecule has 0 radical (unpaired) electrons. The van der Waals surface area contributed by atoms with E-state index in [-0.39, 0.29) is 12.5 Å². The molecule has 100 valence electrons. The fourth-order valence-corrected chi connectivity index (χ4v) is 1.52. The molecule has 0 saturated carbocycles. The molecule has 0 aliphatic rings. The van der Waals surface area contributed by atoms with Crippen molar-refractivity contribution < 1.29 is 9.90 Å². The topological polar surface area (TPSA) is 67.2 Å². The first-order valence-corrected chi connectivity index (χ1v) is 6.18. The fraction of sp³-hybridized carbons (Fsp3) is 0.538. The maximum absolute atomic E-state index is 11.5. The van der Waals surface area contributed by atoms with Gasteiger partial charge in [-0.25, -0.2) is 0 Å². The highest BCUT2D eigenvalue weighted by Gasteiger charge is 2.00. The molecule has 2 N–H and O–H groups in total. The number of carbonyl (C=O) groups is 1. The third-order valence-electron chi connectivity index (χ3n) is 2.75. The third kappa shape index (κ3) is 5.14. The van der Waals surface area contributed by atoms with Gasteiger partial charge in [0.25, 0.3) is 0 Å². The molecule has 0 spiro atoms. The van der Waals surface area contributed by atoms with E-state index in [0.717, 1.165) is 18.5 Å². The SMILES string of the molecule is CC(CO)CCCNC(=O)/C=C/c1ccnn1C. The lowest BCUT2D eigenvalue weighted by Gasteiger charge is -2.07. The van der Waals surface area contributed by atoms with Gasteiger partial charge in [-0.2, -0.15) is 5.10 Å². The lowest BCUT2D eigenvalue weighted by molar-refractivity contribution is -0.116. The highest BCUT2D eigenvalue weighted by atomic mass is 16.3. The van der Waals surface area contributed by atoms with Gasteiger partial charge >= 0.3 is 0 Å². The van der Waals surface area contributed by atoms with Crippen LogP contribution >= 0.6 is 0 Å². The number of hydrogen-bond acceptors (Lipinski definition) is 3. The zero-order chi connectivity index (χ0) is 13.4. The van der Waals surface area contributed by atoms with Crippen LogP contribution in [0.15, 0.2) is 18.3 Å². The van der Waals surface area contributed by atoms with E-state index in [0.29, 0.717) is 12.5 Å². The van der Waals surface area contributed by atoms with E-state index in [1.807, 2.05) is 20.0 Å². The number of aryl methyl sites for hydroxylation is 1. The lowest BCUT2D eigenvalue weighted by Crippen LogP contribution is -2.22.